The molecule has 1 fully saturated rings. The highest BCUT2D eigenvalue weighted by molar-refractivity contribution is 6.39. The molecule has 0 bridgehead atoms. The Bertz CT molecular complexity index is 453. The third kappa shape index (κ3) is 4.09. The number of anilines is 1. The van der Waals surface area contributed by atoms with Crippen molar-refractivity contribution in [2.75, 3.05) is 31.5 Å². The van der Waals surface area contributed by atoms with Crippen molar-refractivity contribution in [1.82, 2.24) is 4.90 Å². The van der Waals surface area contributed by atoms with Crippen LogP contribution in [-0.4, -0.2) is 37.0 Å². The van der Waals surface area contributed by atoms with Crippen LogP contribution in [-0.2, 0) is 4.79 Å². The van der Waals surface area contributed by atoms with Crippen molar-refractivity contribution in [2.24, 2.45) is 11.7 Å². The molecule has 1 amide bonds. The molecule has 2 rings (SSSR count). The van der Waals surface area contributed by atoms with Gasteiger partial charge in [-0.2, -0.15) is 0 Å². The molecule has 0 radical (unpaired) electrons. The molecule has 1 heterocycles. The smallest absolute Gasteiger partial charge is 0.238 e. The van der Waals surface area contributed by atoms with Crippen molar-refractivity contribution in [3.05, 3.63) is 28.2 Å². The van der Waals surface area contributed by atoms with E-state index < -0.39 is 0 Å². The second-order valence-corrected chi connectivity index (χ2v) is 5.91. The minimum absolute atomic E-state index is 0.0915. The van der Waals surface area contributed by atoms with Crippen LogP contribution in [0, 0.1) is 5.92 Å². The quantitative estimate of drug-likeness (QED) is 0.898. The third-order valence-corrected chi connectivity index (χ3v) is 4.26. The maximum absolute atomic E-state index is 12.0. The lowest BCUT2D eigenvalue weighted by atomic mass is 9.97. The Morgan fingerprint density at radius 1 is 1.30 bits per heavy atom. The SMILES string of the molecule is NCC1CCN(CC(=O)Nc2c(Cl)cccc2Cl)CC1. The summed E-state index contributed by atoms with van der Waals surface area (Å²) in [6.07, 6.45) is 2.10. The van der Waals surface area contributed by atoms with Crippen molar-refractivity contribution in [2.45, 2.75) is 12.8 Å². The number of benzene rings is 1. The molecule has 0 atom stereocenters. The Balaban J connectivity index is 1.87. The Morgan fingerprint density at radius 3 is 2.45 bits per heavy atom. The average molecular weight is 316 g/mol. The number of nitrogens with one attached hydrogen (secondary N) is 1. The number of carbonyl (C=O) groups is 1. The van der Waals surface area contributed by atoms with Crippen LogP contribution in [0.25, 0.3) is 0 Å². The van der Waals surface area contributed by atoms with Crippen LogP contribution in [0.15, 0.2) is 18.2 Å². The molecule has 0 unspecified atom stereocenters. The lowest BCUT2D eigenvalue weighted by Crippen LogP contribution is -2.40. The molecule has 1 aromatic carbocycles. The van der Waals surface area contributed by atoms with Crippen LogP contribution in [0.2, 0.25) is 10.0 Å². The van der Waals surface area contributed by atoms with Crippen LogP contribution >= 0.6 is 23.2 Å². The molecular weight excluding hydrogens is 297 g/mol. The number of halogens is 2. The summed E-state index contributed by atoms with van der Waals surface area (Å²) in [5.74, 6) is 0.499. The fraction of sp³-hybridized carbons (Fsp3) is 0.500. The molecule has 1 aliphatic rings. The summed E-state index contributed by atoms with van der Waals surface area (Å²) in [7, 11) is 0. The molecule has 0 spiro atoms. The third-order valence-electron chi connectivity index (χ3n) is 3.63. The van der Waals surface area contributed by atoms with Crippen LogP contribution < -0.4 is 11.1 Å². The predicted octanol–water partition coefficient (Wildman–Crippen LogP) is 2.60. The van der Waals surface area contributed by atoms with E-state index in [0.29, 0.717) is 28.2 Å². The fourth-order valence-electron chi connectivity index (χ4n) is 2.38. The Kier molecular flexibility index (Phi) is 5.66. The number of nitrogens with two attached hydrogens (primary N) is 1. The van der Waals surface area contributed by atoms with Gasteiger partial charge in [-0.3, -0.25) is 9.69 Å². The lowest BCUT2D eigenvalue weighted by molar-refractivity contribution is -0.117. The second kappa shape index (κ2) is 7.27. The second-order valence-electron chi connectivity index (χ2n) is 5.10. The van der Waals surface area contributed by atoms with Gasteiger partial charge in [0, 0.05) is 0 Å². The zero-order valence-electron chi connectivity index (χ0n) is 11.2. The van der Waals surface area contributed by atoms with E-state index in [9.17, 15) is 4.79 Å². The van der Waals surface area contributed by atoms with E-state index in [0.717, 1.165) is 32.5 Å². The maximum atomic E-state index is 12.0. The summed E-state index contributed by atoms with van der Waals surface area (Å²) >= 11 is 12.1. The molecule has 110 valence electrons. The predicted molar refractivity (Wildman–Crippen MR) is 83.3 cm³/mol. The normalized spacial score (nSPS) is 17.1. The minimum Gasteiger partial charge on any atom is -0.330 e. The first-order valence-electron chi connectivity index (χ1n) is 6.76. The van der Waals surface area contributed by atoms with E-state index in [2.05, 4.69) is 10.2 Å². The van der Waals surface area contributed by atoms with E-state index >= 15 is 0 Å². The van der Waals surface area contributed by atoms with Gasteiger partial charge in [0.2, 0.25) is 5.91 Å². The maximum Gasteiger partial charge on any atom is 0.238 e. The van der Waals surface area contributed by atoms with Crippen molar-refractivity contribution in [3.8, 4) is 0 Å². The monoisotopic (exact) mass is 315 g/mol. The van der Waals surface area contributed by atoms with Gasteiger partial charge in [-0.15, -0.1) is 0 Å². The largest absolute Gasteiger partial charge is 0.330 e. The van der Waals surface area contributed by atoms with Crippen LogP contribution in [0.3, 0.4) is 0 Å². The van der Waals surface area contributed by atoms with Crippen LogP contribution in [0.4, 0.5) is 5.69 Å². The molecule has 4 nitrogen and oxygen atoms in total. The first-order chi connectivity index (χ1) is 9.60. The number of amides is 1. The number of rotatable bonds is 4. The van der Waals surface area contributed by atoms with Gasteiger partial charge in [0.05, 0.1) is 22.3 Å². The summed E-state index contributed by atoms with van der Waals surface area (Å²) in [4.78, 5) is 14.2. The molecule has 0 aromatic heterocycles. The van der Waals surface area contributed by atoms with Gasteiger partial charge in [0.15, 0.2) is 0 Å². The number of carbonyl (C=O) groups excluding carboxylic acids is 1. The van der Waals surface area contributed by atoms with E-state index in [4.69, 9.17) is 28.9 Å². The van der Waals surface area contributed by atoms with Gasteiger partial charge >= 0.3 is 0 Å². The minimum atomic E-state index is -0.0915. The fourth-order valence-corrected chi connectivity index (χ4v) is 2.87. The number of hydrogen-bond donors (Lipinski definition) is 2. The topological polar surface area (TPSA) is 58.4 Å². The van der Waals surface area contributed by atoms with Crippen LogP contribution in [0.5, 0.6) is 0 Å². The zero-order chi connectivity index (χ0) is 14.5. The van der Waals surface area contributed by atoms with Crippen molar-refractivity contribution < 1.29 is 4.79 Å². The lowest BCUT2D eigenvalue weighted by Gasteiger charge is -2.30. The van der Waals surface area contributed by atoms with Crippen molar-refractivity contribution >= 4 is 34.8 Å². The van der Waals surface area contributed by atoms with E-state index in [-0.39, 0.29) is 5.91 Å². The summed E-state index contributed by atoms with van der Waals surface area (Å²) in [5, 5.41) is 3.68. The van der Waals surface area contributed by atoms with Crippen LogP contribution in [0.1, 0.15) is 12.8 Å². The van der Waals surface area contributed by atoms with E-state index in [1.54, 1.807) is 18.2 Å². The molecule has 20 heavy (non-hydrogen) atoms. The van der Waals surface area contributed by atoms with Gasteiger partial charge in [0.1, 0.15) is 0 Å². The Hall–Kier alpha value is -0.810. The number of piperidine rings is 1. The summed E-state index contributed by atoms with van der Waals surface area (Å²) < 4.78 is 0. The van der Waals surface area contributed by atoms with Gasteiger partial charge in [-0.25, -0.2) is 0 Å². The zero-order valence-corrected chi connectivity index (χ0v) is 12.8. The molecule has 6 heteroatoms. The summed E-state index contributed by atoms with van der Waals surface area (Å²) in [6, 6.07) is 5.16. The first kappa shape index (κ1) is 15.6. The Morgan fingerprint density at radius 2 is 1.90 bits per heavy atom. The first-order valence-corrected chi connectivity index (χ1v) is 7.52. The van der Waals surface area contributed by atoms with Crippen molar-refractivity contribution in [1.29, 1.82) is 0 Å². The number of hydrogen-bond acceptors (Lipinski definition) is 3. The van der Waals surface area contributed by atoms with Gasteiger partial charge in [-0.1, -0.05) is 29.3 Å². The van der Waals surface area contributed by atoms with Gasteiger partial charge in [0.25, 0.3) is 0 Å². The molecule has 1 saturated heterocycles. The van der Waals surface area contributed by atoms with E-state index in [1.807, 2.05) is 0 Å². The van der Waals surface area contributed by atoms with Crippen molar-refractivity contribution in [3.63, 3.8) is 0 Å². The Labute approximate surface area is 129 Å². The van der Waals surface area contributed by atoms with Gasteiger partial charge in [-0.05, 0) is 50.5 Å². The molecule has 0 saturated carbocycles. The van der Waals surface area contributed by atoms with E-state index in [1.165, 1.54) is 0 Å². The molecule has 0 aliphatic carbocycles. The highest BCUT2D eigenvalue weighted by Gasteiger charge is 2.20. The number of para-hydroxylation sites is 1. The average Bonchev–Trinajstić information content (AvgIpc) is 2.44. The number of likely N-dealkylation sites (tertiary alicyclic amines) is 1. The van der Waals surface area contributed by atoms with Gasteiger partial charge < -0.3 is 11.1 Å². The highest BCUT2D eigenvalue weighted by atomic mass is 35.5. The molecule has 3 N–H and O–H groups in total. The standard InChI is InChI=1S/C14H19Cl2N3O/c15-11-2-1-3-12(16)14(11)18-13(20)9-19-6-4-10(8-17)5-7-19/h1-3,10H,4-9,17H2,(H,18,20). The summed E-state index contributed by atoms with van der Waals surface area (Å²) in [5.41, 5.74) is 6.14. The molecule has 1 aliphatic heterocycles. The molecule has 1 aromatic rings. The molecular formula is C14H19Cl2N3O. The number of nitrogens with zero attached hydrogens (tertiary/aromatic N) is 1. The highest BCUT2D eigenvalue weighted by Crippen LogP contribution is 2.29. The summed E-state index contributed by atoms with van der Waals surface area (Å²) in [6.45, 7) is 2.91.